The van der Waals surface area contributed by atoms with Crippen LogP contribution in [-0.2, 0) is 0 Å². The minimum Gasteiger partial charge on any atom is -0.497 e. The van der Waals surface area contributed by atoms with Crippen molar-refractivity contribution in [3.8, 4) is 22.8 Å². The second kappa shape index (κ2) is 8.27. The Kier molecular flexibility index (Phi) is 5.14. The predicted molar refractivity (Wildman–Crippen MR) is 124 cm³/mol. The highest BCUT2D eigenvalue weighted by Gasteiger charge is 2.19. The van der Waals surface area contributed by atoms with Crippen LogP contribution in [0.25, 0.3) is 33.2 Å². The molecule has 9 heteroatoms. The second-order valence-corrected chi connectivity index (χ2v) is 7.64. The van der Waals surface area contributed by atoms with Crippen LogP contribution in [0.2, 0.25) is 0 Å². The van der Waals surface area contributed by atoms with E-state index in [1.54, 1.807) is 32.7 Å². The van der Waals surface area contributed by atoms with Gasteiger partial charge in [-0.3, -0.25) is 14.9 Å². The molecule has 1 atom stereocenters. The lowest BCUT2D eigenvalue weighted by Crippen LogP contribution is -2.27. The minimum atomic E-state index is -0.356. The van der Waals surface area contributed by atoms with E-state index in [1.807, 2.05) is 43.3 Å². The number of H-pyrrole nitrogens is 2. The number of fused-ring (bicyclic) bond motifs is 2. The first-order valence-corrected chi connectivity index (χ1v) is 10.4. The van der Waals surface area contributed by atoms with E-state index in [9.17, 15) is 4.79 Å². The SMILES string of the molecule is COc1cc(OC)cc([C@@H](C)NC(=O)c2nc3cc4[nH][nH]c(-c5ccncc5)c4cc3n2)c1. The molecule has 166 valence electrons. The van der Waals surface area contributed by atoms with Gasteiger partial charge in [-0.2, -0.15) is 0 Å². The molecular weight excluding hydrogens is 420 g/mol. The summed E-state index contributed by atoms with van der Waals surface area (Å²) >= 11 is 0. The average Bonchev–Trinajstić information content (AvgIpc) is 3.46. The fourth-order valence-electron chi connectivity index (χ4n) is 3.79. The van der Waals surface area contributed by atoms with E-state index in [2.05, 4.69) is 30.5 Å². The molecule has 3 N–H and O–H groups in total. The molecule has 0 saturated carbocycles. The molecule has 3 aromatic heterocycles. The van der Waals surface area contributed by atoms with Crippen LogP contribution in [0.5, 0.6) is 11.5 Å². The number of hydrogen-bond donors (Lipinski definition) is 3. The van der Waals surface area contributed by atoms with Crippen LogP contribution < -0.4 is 14.8 Å². The summed E-state index contributed by atoms with van der Waals surface area (Å²) in [6.07, 6.45) is 3.48. The Morgan fingerprint density at radius 1 is 0.939 bits per heavy atom. The van der Waals surface area contributed by atoms with Crippen molar-refractivity contribution in [1.82, 2.24) is 30.5 Å². The van der Waals surface area contributed by atoms with Gasteiger partial charge in [0, 0.05) is 29.4 Å². The third kappa shape index (κ3) is 3.84. The Morgan fingerprint density at radius 3 is 2.27 bits per heavy atom. The Hall–Kier alpha value is -4.40. The first-order valence-electron chi connectivity index (χ1n) is 10.4. The quantitative estimate of drug-likeness (QED) is 0.366. The maximum atomic E-state index is 12.9. The summed E-state index contributed by atoms with van der Waals surface area (Å²) in [4.78, 5) is 25.9. The minimum absolute atomic E-state index is 0.119. The molecule has 2 aromatic carbocycles. The molecule has 0 saturated heterocycles. The maximum Gasteiger partial charge on any atom is 0.289 e. The molecule has 0 aliphatic heterocycles. The Balaban J connectivity index is 1.43. The Bertz CT molecular complexity index is 1440. The predicted octanol–water partition coefficient (Wildman–Crippen LogP) is 4.01. The highest BCUT2D eigenvalue weighted by molar-refractivity contribution is 6.02. The van der Waals surface area contributed by atoms with Crippen molar-refractivity contribution in [2.45, 2.75) is 13.0 Å². The van der Waals surface area contributed by atoms with Gasteiger partial charge in [-0.1, -0.05) is 0 Å². The molecule has 5 aromatic rings. The van der Waals surface area contributed by atoms with Gasteiger partial charge in [-0.05, 0) is 48.9 Å². The number of carbonyl (C=O) groups excluding carboxylic acids is 1. The molecule has 9 nitrogen and oxygen atoms in total. The lowest BCUT2D eigenvalue weighted by molar-refractivity contribution is 0.0930. The number of nitrogens with zero attached hydrogens (tertiary/aromatic N) is 3. The Labute approximate surface area is 189 Å². The lowest BCUT2D eigenvalue weighted by Gasteiger charge is -2.15. The van der Waals surface area contributed by atoms with E-state index < -0.39 is 0 Å². The number of hydrogen-bond acceptors (Lipinski definition) is 6. The number of pyridine rings is 1. The molecule has 5 rings (SSSR count). The van der Waals surface area contributed by atoms with Crippen molar-refractivity contribution >= 4 is 27.8 Å². The monoisotopic (exact) mass is 442 g/mol. The van der Waals surface area contributed by atoms with E-state index in [0.717, 1.165) is 27.7 Å². The summed E-state index contributed by atoms with van der Waals surface area (Å²) in [6.45, 7) is 1.88. The van der Waals surface area contributed by atoms with Gasteiger partial charge in [-0.25, -0.2) is 9.97 Å². The van der Waals surface area contributed by atoms with E-state index in [4.69, 9.17) is 9.47 Å². The number of nitrogens with one attached hydrogen (secondary N) is 3. The summed E-state index contributed by atoms with van der Waals surface area (Å²) in [7, 11) is 3.18. The number of imidazole rings is 1. The van der Waals surface area contributed by atoms with Crippen molar-refractivity contribution in [2.75, 3.05) is 14.2 Å². The van der Waals surface area contributed by atoms with E-state index in [-0.39, 0.29) is 17.8 Å². The molecule has 0 aliphatic rings. The summed E-state index contributed by atoms with van der Waals surface area (Å²) < 4.78 is 10.6. The van der Waals surface area contributed by atoms with Crippen LogP contribution in [0, 0.1) is 0 Å². The van der Waals surface area contributed by atoms with Crippen molar-refractivity contribution < 1.29 is 14.3 Å². The highest BCUT2D eigenvalue weighted by atomic mass is 16.5. The molecular formula is C24H22N6O3. The topological polar surface area (TPSA) is 118 Å². The molecule has 0 radical (unpaired) electrons. The number of methoxy groups -OCH3 is 2. The largest absolute Gasteiger partial charge is 0.497 e. The number of aromatic amines is 2. The van der Waals surface area contributed by atoms with Crippen molar-refractivity contribution in [2.24, 2.45) is 0 Å². The average molecular weight is 442 g/mol. The standard InChI is InChI=1S/C24H22N6O3/c1-13(15-8-16(32-2)10-17(9-15)33-3)26-24(31)23-27-20-11-18-19(12-21(20)28-23)29-30-22(18)14-4-6-25-7-5-14/h4-13,29-30H,1-3H3,(H,26,31)/t13-/m1/s1. The van der Waals surface area contributed by atoms with Gasteiger partial charge < -0.3 is 19.9 Å². The number of benzene rings is 2. The first kappa shape index (κ1) is 20.5. The fourth-order valence-corrected chi connectivity index (χ4v) is 3.79. The van der Waals surface area contributed by atoms with Crippen LogP contribution in [0.4, 0.5) is 0 Å². The molecule has 33 heavy (non-hydrogen) atoms. The van der Waals surface area contributed by atoms with Crippen molar-refractivity contribution in [1.29, 1.82) is 0 Å². The molecule has 0 spiro atoms. The number of amides is 1. The van der Waals surface area contributed by atoms with Crippen LogP contribution in [-0.4, -0.2) is 45.3 Å². The molecule has 0 unspecified atom stereocenters. The summed E-state index contributed by atoms with van der Waals surface area (Å²) in [5.41, 5.74) is 4.92. The highest BCUT2D eigenvalue weighted by Crippen LogP contribution is 2.29. The number of rotatable bonds is 6. The smallest absolute Gasteiger partial charge is 0.289 e. The van der Waals surface area contributed by atoms with Crippen molar-refractivity contribution in [3.63, 3.8) is 0 Å². The summed E-state index contributed by atoms with van der Waals surface area (Å²) in [6, 6.07) is 12.8. The first-order chi connectivity index (χ1) is 16.1. The molecule has 0 aliphatic carbocycles. The fraction of sp³-hybridized carbons (Fsp3) is 0.167. The molecule has 3 heterocycles. The van der Waals surface area contributed by atoms with Gasteiger partial charge >= 0.3 is 0 Å². The van der Waals surface area contributed by atoms with Crippen LogP contribution >= 0.6 is 0 Å². The van der Waals surface area contributed by atoms with Gasteiger partial charge in [0.2, 0.25) is 5.82 Å². The number of aromatic nitrogens is 5. The number of carbonyl (C=O) groups is 1. The van der Waals surface area contributed by atoms with Gasteiger partial charge in [0.05, 0.1) is 42.5 Å². The zero-order valence-corrected chi connectivity index (χ0v) is 18.3. The third-order valence-electron chi connectivity index (χ3n) is 5.55. The van der Waals surface area contributed by atoms with Gasteiger partial charge in [0.25, 0.3) is 5.91 Å². The van der Waals surface area contributed by atoms with Crippen LogP contribution in [0.3, 0.4) is 0 Å². The van der Waals surface area contributed by atoms with Gasteiger partial charge in [-0.15, -0.1) is 0 Å². The van der Waals surface area contributed by atoms with Gasteiger partial charge in [0.1, 0.15) is 11.5 Å². The number of ether oxygens (including phenoxy) is 2. The lowest BCUT2D eigenvalue weighted by atomic mass is 10.1. The zero-order valence-electron chi connectivity index (χ0n) is 18.3. The van der Waals surface area contributed by atoms with Crippen LogP contribution in [0.1, 0.15) is 29.1 Å². The third-order valence-corrected chi connectivity index (χ3v) is 5.55. The molecule has 0 fully saturated rings. The van der Waals surface area contributed by atoms with Gasteiger partial charge in [0.15, 0.2) is 0 Å². The van der Waals surface area contributed by atoms with Crippen molar-refractivity contribution in [3.05, 3.63) is 66.2 Å². The Morgan fingerprint density at radius 2 is 1.61 bits per heavy atom. The van der Waals surface area contributed by atoms with E-state index >= 15 is 0 Å². The normalized spacial score (nSPS) is 12.1. The zero-order chi connectivity index (χ0) is 22.9. The van der Waals surface area contributed by atoms with Crippen LogP contribution in [0.15, 0.2) is 54.9 Å². The van der Waals surface area contributed by atoms with E-state index in [1.165, 1.54) is 0 Å². The summed E-state index contributed by atoms with van der Waals surface area (Å²) in [5.74, 6) is 1.06. The van der Waals surface area contributed by atoms with E-state index in [0.29, 0.717) is 22.5 Å². The molecule has 1 amide bonds. The maximum absolute atomic E-state index is 12.9. The summed E-state index contributed by atoms with van der Waals surface area (Å²) in [5, 5.41) is 10.3. The second-order valence-electron chi connectivity index (χ2n) is 7.64. The molecule has 0 bridgehead atoms.